The molecule has 0 bridgehead atoms. The smallest absolute Gasteiger partial charge is 0.244 e. The third kappa shape index (κ3) is 4.76. The fourth-order valence-electron chi connectivity index (χ4n) is 4.50. The number of nitrogens with one attached hydrogen (secondary N) is 1. The molecule has 1 saturated carbocycles. The minimum absolute atomic E-state index is 0.0903. The van der Waals surface area contributed by atoms with Crippen molar-refractivity contribution in [1.82, 2.24) is 14.4 Å². The van der Waals surface area contributed by atoms with Gasteiger partial charge in [0.25, 0.3) is 0 Å². The van der Waals surface area contributed by atoms with E-state index in [1.54, 1.807) is 19.9 Å². The van der Waals surface area contributed by atoms with Crippen LogP contribution in [-0.4, -0.2) is 41.9 Å². The van der Waals surface area contributed by atoms with Gasteiger partial charge in [-0.15, -0.1) is 11.3 Å². The largest absolute Gasteiger partial charge is 0.339 e. The van der Waals surface area contributed by atoms with Crippen LogP contribution in [0.2, 0.25) is 0 Å². The molecule has 11 heteroatoms. The lowest BCUT2D eigenvalue weighted by molar-refractivity contribution is -0.120. The highest BCUT2D eigenvalue weighted by molar-refractivity contribution is 7.89. The summed E-state index contributed by atoms with van der Waals surface area (Å²) in [7, 11) is -3.81. The first-order valence-corrected chi connectivity index (χ1v) is 14.0. The van der Waals surface area contributed by atoms with Gasteiger partial charge in [0.05, 0.1) is 15.7 Å². The van der Waals surface area contributed by atoms with Crippen molar-refractivity contribution in [3.63, 3.8) is 0 Å². The van der Waals surface area contributed by atoms with Gasteiger partial charge in [-0.25, -0.2) is 12.8 Å². The second-order valence-corrected chi connectivity index (χ2v) is 12.4. The standard InChI is InChI=1S/C24H27FN4O4S2/c1-14-11-18(25)8-9-19(14)26-23(30)17-7-4-10-29(13-17)35(31,32)21-12-20(34-15(21)2)22-27-24(33-28-22)16-5-3-6-16/h8-9,11-12,16-17H,3-7,10,13H2,1-2H3,(H,26,30)/t17-/m0/s1. The lowest BCUT2D eigenvalue weighted by Gasteiger charge is -2.31. The van der Waals surface area contributed by atoms with Crippen molar-refractivity contribution in [2.24, 2.45) is 5.92 Å². The molecule has 186 valence electrons. The van der Waals surface area contributed by atoms with Gasteiger partial charge in [0.15, 0.2) is 0 Å². The van der Waals surface area contributed by atoms with Crippen molar-refractivity contribution < 1.29 is 22.1 Å². The van der Waals surface area contributed by atoms with E-state index >= 15 is 0 Å². The van der Waals surface area contributed by atoms with E-state index in [0.717, 1.165) is 19.3 Å². The maximum absolute atomic E-state index is 13.5. The van der Waals surface area contributed by atoms with Crippen LogP contribution in [-0.2, 0) is 14.8 Å². The van der Waals surface area contributed by atoms with E-state index in [0.29, 0.717) is 58.0 Å². The Morgan fingerprint density at radius 3 is 2.71 bits per heavy atom. The van der Waals surface area contributed by atoms with E-state index in [9.17, 15) is 17.6 Å². The zero-order valence-corrected chi connectivity index (χ0v) is 21.2. The summed E-state index contributed by atoms with van der Waals surface area (Å²) >= 11 is 1.32. The molecular weight excluding hydrogens is 491 g/mol. The van der Waals surface area contributed by atoms with Gasteiger partial charge >= 0.3 is 0 Å². The minimum atomic E-state index is -3.81. The fourth-order valence-corrected chi connectivity index (χ4v) is 7.51. The topological polar surface area (TPSA) is 105 Å². The number of piperidine rings is 1. The van der Waals surface area contributed by atoms with Gasteiger partial charge < -0.3 is 9.84 Å². The zero-order chi connectivity index (χ0) is 24.7. The molecule has 0 radical (unpaired) electrons. The van der Waals surface area contributed by atoms with Crippen LogP contribution in [0.4, 0.5) is 10.1 Å². The summed E-state index contributed by atoms with van der Waals surface area (Å²) in [6.45, 7) is 3.92. The molecule has 1 aliphatic heterocycles. The van der Waals surface area contributed by atoms with Crippen molar-refractivity contribution in [3.8, 4) is 10.7 Å². The number of sulfonamides is 1. The summed E-state index contributed by atoms with van der Waals surface area (Å²) in [5.41, 5.74) is 1.14. The Hall–Kier alpha value is -2.63. The molecule has 1 aliphatic carbocycles. The second kappa shape index (κ2) is 9.44. The zero-order valence-electron chi connectivity index (χ0n) is 19.6. The highest BCUT2D eigenvalue weighted by atomic mass is 32.2. The molecule has 2 aromatic heterocycles. The summed E-state index contributed by atoms with van der Waals surface area (Å²) in [6.07, 6.45) is 4.38. The average molecular weight is 519 g/mol. The number of nitrogens with zero attached hydrogens (tertiary/aromatic N) is 3. The first kappa shape index (κ1) is 24.1. The van der Waals surface area contributed by atoms with Gasteiger partial charge in [-0.2, -0.15) is 9.29 Å². The molecule has 8 nitrogen and oxygen atoms in total. The quantitative estimate of drug-likeness (QED) is 0.500. The molecule has 0 spiro atoms. The third-order valence-electron chi connectivity index (χ3n) is 6.81. The molecule has 2 fully saturated rings. The predicted molar refractivity (Wildman–Crippen MR) is 130 cm³/mol. The van der Waals surface area contributed by atoms with Crippen molar-refractivity contribution >= 4 is 33.0 Å². The summed E-state index contributed by atoms with van der Waals surface area (Å²) < 4.78 is 47.2. The molecule has 1 aromatic carbocycles. The molecule has 1 saturated heterocycles. The maximum Gasteiger partial charge on any atom is 0.244 e. The maximum atomic E-state index is 13.5. The Balaban J connectivity index is 1.32. The number of hydrogen-bond acceptors (Lipinski definition) is 7. The van der Waals surface area contributed by atoms with E-state index in [4.69, 9.17) is 4.52 Å². The van der Waals surface area contributed by atoms with Crippen molar-refractivity contribution in [2.75, 3.05) is 18.4 Å². The van der Waals surface area contributed by atoms with E-state index in [1.165, 1.54) is 33.8 Å². The lowest BCUT2D eigenvalue weighted by atomic mass is 9.85. The van der Waals surface area contributed by atoms with Gasteiger partial charge in [-0.3, -0.25) is 4.79 Å². The van der Waals surface area contributed by atoms with E-state index in [1.807, 2.05) is 0 Å². The Bertz CT molecular complexity index is 1360. The van der Waals surface area contributed by atoms with E-state index in [2.05, 4.69) is 15.5 Å². The molecule has 2 aliphatic rings. The van der Waals surface area contributed by atoms with Crippen LogP contribution in [0.1, 0.15) is 54.4 Å². The molecular formula is C24H27FN4O4S2. The molecule has 3 aromatic rings. The number of thiophene rings is 1. The van der Waals surface area contributed by atoms with E-state index < -0.39 is 15.9 Å². The number of aromatic nitrogens is 2. The first-order chi connectivity index (χ1) is 16.7. The number of carbonyl (C=O) groups excluding carboxylic acids is 1. The van der Waals surface area contributed by atoms with Crippen LogP contribution in [0.5, 0.6) is 0 Å². The summed E-state index contributed by atoms with van der Waals surface area (Å²) in [6, 6.07) is 5.76. The fraction of sp³-hybridized carbons (Fsp3) is 0.458. The van der Waals surface area contributed by atoms with Gasteiger partial charge in [-0.1, -0.05) is 11.6 Å². The number of aryl methyl sites for hydroxylation is 2. The Kier molecular flexibility index (Phi) is 6.49. The third-order valence-corrected chi connectivity index (χ3v) is 9.97. The molecule has 0 unspecified atom stereocenters. The second-order valence-electron chi connectivity index (χ2n) is 9.27. The van der Waals surface area contributed by atoms with Crippen LogP contribution in [0.3, 0.4) is 0 Å². The number of amides is 1. The van der Waals surface area contributed by atoms with Crippen LogP contribution < -0.4 is 5.32 Å². The Morgan fingerprint density at radius 1 is 1.20 bits per heavy atom. The van der Waals surface area contributed by atoms with Crippen molar-refractivity contribution in [2.45, 2.75) is 56.8 Å². The predicted octanol–water partition coefficient (Wildman–Crippen LogP) is 4.86. The SMILES string of the molecule is Cc1cc(F)ccc1NC(=O)[C@H]1CCCN(S(=O)(=O)c2cc(-c3noc(C4CCC4)n3)sc2C)C1. The van der Waals surface area contributed by atoms with Crippen LogP contribution in [0.15, 0.2) is 33.7 Å². The molecule has 1 amide bonds. The highest BCUT2D eigenvalue weighted by Gasteiger charge is 2.35. The number of benzene rings is 1. The van der Waals surface area contributed by atoms with Gasteiger partial charge in [0.2, 0.25) is 27.6 Å². The van der Waals surface area contributed by atoms with E-state index in [-0.39, 0.29) is 23.2 Å². The van der Waals surface area contributed by atoms with Gasteiger partial charge in [0.1, 0.15) is 5.82 Å². The van der Waals surface area contributed by atoms with Crippen molar-refractivity contribution in [1.29, 1.82) is 0 Å². The molecule has 1 atom stereocenters. The normalized spacial score (nSPS) is 19.5. The first-order valence-electron chi connectivity index (χ1n) is 11.7. The molecule has 3 heterocycles. The Morgan fingerprint density at radius 2 is 2.00 bits per heavy atom. The van der Waals surface area contributed by atoms with Crippen molar-refractivity contribution in [3.05, 3.63) is 46.4 Å². The number of halogens is 1. The summed E-state index contributed by atoms with van der Waals surface area (Å²) in [5.74, 6) is 0.188. The van der Waals surface area contributed by atoms with Crippen LogP contribution in [0.25, 0.3) is 10.7 Å². The lowest BCUT2D eigenvalue weighted by Crippen LogP contribution is -2.43. The Labute approximate surface area is 207 Å². The number of rotatable bonds is 6. The monoisotopic (exact) mass is 518 g/mol. The average Bonchev–Trinajstić information content (AvgIpc) is 3.42. The summed E-state index contributed by atoms with van der Waals surface area (Å²) in [4.78, 5) is 18.9. The minimum Gasteiger partial charge on any atom is -0.339 e. The highest BCUT2D eigenvalue weighted by Crippen LogP contribution is 2.38. The molecule has 1 N–H and O–H groups in total. The van der Waals surface area contributed by atoms with Gasteiger partial charge in [0, 0.05) is 29.6 Å². The summed E-state index contributed by atoms with van der Waals surface area (Å²) in [5, 5.41) is 6.89. The van der Waals surface area contributed by atoms with Gasteiger partial charge in [-0.05, 0) is 69.4 Å². The molecule has 5 rings (SSSR count). The number of carbonyl (C=O) groups is 1. The molecule has 35 heavy (non-hydrogen) atoms. The number of anilines is 1. The van der Waals surface area contributed by atoms with Crippen LogP contribution >= 0.6 is 11.3 Å². The van der Waals surface area contributed by atoms with Crippen LogP contribution in [0, 0.1) is 25.6 Å². The number of hydrogen-bond donors (Lipinski definition) is 1.